The van der Waals surface area contributed by atoms with Gasteiger partial charge in [-0.2, -0.15) is 0 Å². The third kappa shape index (κ3) is 4.36. The van der Waals surface area contributed by atoms with Crippen molar-refractivity contribution in [1.82, 2.24) is 0 Å². The van der Waals surface area contributed by atoms with Crippen LogP contribution in [-0.2, 0) is 11.2 Å². The monoisotopic (exact) mass is 428 g/mol. The molecule has 0 amide bonds. The molecule has 3 heteroatoms. The first-order valence-electron chi connectivity index (χ1n) is 8.71. The van der Waals surface area contributed by atoms with Gasteiger partial charge in [0, 0.05) is 4.83 Å². The molecule has 1 saturated carbocycles. The molecule has 122 valence electrons. The van der Waals surface area contributed by atoms with Gasteiger partial charge in [-0.1, -0.05) is 81.5 Å². The SMILES string of the molecule is Br[C@H]1[C@@H](Br)C[C@@H](CCc2ccccc2)O[C@H]1C1CCCCC1. The van der Waals surface area contributed by atoms with Crippen LogP contribution < -0.4 is 0 Å². The van der Waals surface area contributed by atoms with E-state index >= 15 is 0 Å². The largest absolute Gasteiger partial charge is 0.373 e. The zero-order valence-electron chi connectivity index (χ0n) is 13.1. The van der Waals surface area contributed by atoms with Crippen LogP contribution in [0.3, 0.4) is 0 Å². The van der Waals surface area contributed by atoms with Crippen molar-refractivity contribution < 1.29 is 4.74 Å². The summed E-state index contributed by atoms with van der Waals surface area (Å²) in [6, 6.07) is 10.8. The molecule has 1 aliphatic carbocycles. The lowest BCUT2D eigenvalue weighted by Crippen LogP contribution is -2.47. The number of aryl methyl sites for hydroxylation is 1. The van der Waals surface area contributed by atoms with Crippen LogP contribution >= 0.6 is 31.9 Å². The number of halogens is 2. The van der Waals surface area contributed by atoms with Crippen molar-refractivity contribution in [2.24, 2.45) is 5.92 Å². The molecule has 0 N–H and O–H groups in total. The van der Waals surface area contributed by atoms with Crippen LogP contribution in [0.25, 0.3) is 0 Å². The van der Waals surface area contributed by atoms with Crippen LogP contribution in [0.1, 0.15) is 50.5 Å². The third-order valence-corrected chi connectivity index (χ3v) is 8.02. The van der Waals surface area contributed by atoms with E-state index in [9.17, 15) is 0 Å². The molecule has 1 nitrogen and oxygen atoms in total. The number of ether oxygens (including phenoxy) is 1. The Morgan fingerprint density at radius 2 is 1.73 bits per heavy atom. The first kappa shape index (κ1) is 17.0. The van der Waals surface area contributed by atoms with E-state index in [-0.39, 0.29) is 0 Å². The summed E-state index contributed by atoms with van der Waals surface area (Å²) in [5.74, 6) is 0.748. The summed E-state index contributed by atoms with van der Waals surface area (Å²) < 4.78 is 6.55. The maximum Gasteiger partial charge on any atom is 0.0742 e. The van der Waals surface area contributed by atoms with Gasteiger partial charge in [-0.25, -0.2) is 0 Å². The van der Waals surface area contributed by atoms with E-state index in [2.05, 4.69) is 62.2 Å². The van der Waals surface area contributed by atoms with E-state index in [1.807, 2.05) is 0 Å². The average Bonchev–Trinajstić information content (AvgIpc) is 2.57. The van der Waals surface area contributed by atoms with Gasteiger partial charge in [0.2, 0.25) is 0 Å². The molecule has 0 aromatic heterocycles. The highest BCUT2D eigenvalue weighted by atomic mass is 79.9. The number of rotatable bonds is 4. The number of benzene rings is 1. The lowest BCUT2D eigenvalue weighted by atomic mass is 9.82. The van der Waals surface area contributed by atoms with Gasteiger partial charge < -0.3 is 4.74 Å². The van der Waals surface area contributed by atoms with Gasteiger partial charge in [0.15, 0.2) is 0 Å². The van der Waals surface area contributed by atoms with Crippen LogP contribution in [0.5, 0.6) is 0 Å². The number of hydrogen-bond acceptors (Lipinski definition) is 1. The van der Waals surface area contributed by atoms with Gasteiger partial charge in [-0.3, -0.25) is 0 Å². The molecule has 1 saturated heterocycles. The maximum atomic E-state index is 6.55. The Labute approximate surface area is 151 Å². The fourth-order valence-corrected chi connectivity index (χ4v) is 5.42. The first-order chi connectivity index (χ1) is 10.7. The second-order valence-corrected chi connectivity index (χ2v) is 9.07. The van der Waals surface area contributed by atoms with E-state index in [4.69, 9.17) is 4.74 Å². The molecule has 22 heavy (non-hydrogen) atoms. The fourth-order valence-electron chi connectivity index (χ4n) is 3.93. The van der Waals surface area contributed by atoms with Crippen molar-refractivity contribution in [2.45, 2.75) is 73.2 Å². The smallest absolute Gasteiger partial charge is 0.0742 e. The average molecular weight is 430 g/mol. The van der Waals surface area contributed by atoms with E-state index in [0.29, 0.717) is 21.9 Å². The zero-order valence-corrected chi connectivity index (χ0v) is 16.3. The van der Waals surface area contributed by atoms with Crippen molar-refractivity contribution in [1.29, 1.82) is 0 Å². The second-order valence-electron chi connectivity index (χ2n) is 6.84. The highest BCUT2D eigenvalue weighted by Gasteiger charge is 2.40. The molecule has 4 atom stereocenters. The summed E-state index contributed by atoms with van der Waals surface area (Å²) in [6.45, 7) is 0. The van der Waals surface area contributed by atoms with Crippen molar-refractivity contribution in [3.63, 3.8) is 0 Å². The van der Waals surface area contributed by atoms with Gasteiger partial charge in [0.25, 0.3) is 0 Å². The minimum atomic E-state index is 0.388. The summed E-state index contributed by atoms with van der Waals surface area (Å²) in [7, 11) is 0. The Bertz CT molecular complexity index is 444. The lowest BCUT2D eigenvalue weighted by Gasteiger charge is -2.42. The zero-order chi connectivity index (χ0) is 15.4. The van der Waals surface area contributed by atoms with Crippen LogP contribution in [0.2, 0.25) is 0 Å². The molecule has 0 bridgehead atoms. The van der Waals surface area contributed by atoms with Gasteiger partial charge in [-0.05, 0) is 43.6 Å². The maximum absolute atomic E-state index is 6.55. The van der Waals surface area contributed by atoms with Gasteiger partial charge in [0.1, 0.15) is 0 Å². The standard InChI is InChI=1S/C19H26Br2O/c20-17-13-16(12-11-14-7-3-1-4-8-14)22-19(18(17)21)15-9-5-2-6-10-15/h1,3-4,7-8,15-19H,2,5-6,9-13H2/t16-,17+,18+,19+/m1/s1. The molecule has 1 heterocycles. The van der Waals surface area contributed by atoms with Crippen molar-refractivity contribution in [3.05, 3.63) is 35.9 Å². The molecule has 2 aliphatic rings. The first-order valence-corrected chi connectivity index (χ1v) is 10.5. The molecule has 0 unspecified atom stereocenters. The van der Waals surface area contributed by atoms with Crippen molar-refractivity contribution in [2.75, 3.05) is 0 Å². The van der Waals surface area contributed by atoms with Gasteiger partial charge in [0.05, 0.1) is 17.0 Å². The Hall–Kier alpha value is 0.140. The Balaban J connectivity index is 1.58. The molecule has 1 aromatic carbocycles. The van der Waals surface area contributed by atoms with Crippen molar-refractivity contribution >= 4 is 31.9 Å². The molecule has 2 fully saturated rings. The van der Waals surface area contributed by atoms with E-state index in [1.165, 1.54) is 37.7 Å². The predicted molar refractivity (Wildman–Crippen MR) is 100 cm³/mol. The Kier molecular flexibility index (Phi) is 6.41. The lowest BCUT2D eigenvalue weighted by molar-refractivity contribution is -0.0779. The van der Waals surface area contributed by atoms with Crippen molar-refractivity contribution in [3.8, 4) is 0 Å². The van der Waals surface area contributed by atoms with Gasteiger partial charge >= 0.3 is 0 Å². The Morgan fingerprint density at radius 3 is 2.45 bits per heavy atom. The molecule has 1 aromatic rings. The fraction of sp³-hybridized carbons (Fsp3) is 0.684. The van der Waals surface area contributed by atoms with Crippen LogP contribution in [0, 0.1) is 5.92 Å². The molecular formula is C19H26Br2O. The summed E-state index contributed by atoms with van der Waals surface area (Å²) in [6.07, 6.45) is 11.0. The van der Waals surface area contributed by atoms with Crippen LogP contribution in [0.15, 0.2) is 30.3 Å². The second kappa shape index (κ2) is 8.30. The van der Waals surface area contributed by atoms with Crippen LogP contribution in [0.4, 0.5) is 0 Å². The highest BCUT2D eigenvalue weighted by Crippen LogP contribution is 2.40. The Morgan fingerprint density at radius 1 is 1.00 bits per heavy atom. The summed E-state index contributed by atoms with van der Waals surface area (Å²) in [5.41, 5.74) is 1.42. The van der Waals surface area contributed by atoms with E-state index in [1.54, 1.807) is 0 Å². The van der Waals surface area contributed by atoms with E-state index < -0.39 is 0 Å². The quantitative estimate of drug-likeness (QED) is 0.542. The molecule has 3 rings (SSSR count). The molecular weight excluding hydrogens is 404 g/mol. The molecule has 1 aliphatic heterocycles. The summed E-state index contributed by atoms with van der Waals surface area (Å²) in [5, 5.41) is 0. The normalized spacial score (nSPS) is 33.7. The summed E-state index contributed by atoms with van der Waals surface area (Å²) >= 11 is 7.81. The number of hydrogen-bond donors (Lipinski definition) is 0. The minimum Gasteiger partial charge on any atom is -0.373 e. The topological polar surface area (TPSA) is 9.23 Å². The number of alkyl halides is 2. The van der Waals surface area contributed by atoms with Gasteiger partial charge in [-0.15, -0.1) is 0 Å². The third-order valence-electron chi connectivity index (χ3n) is 5.21. The predicted octanol–water partition coefficient (Wildman–Crippen LogP) is 5.88. The molecule has 0 radical (unpaired) electrons. The highest BCUT2D eigenvalue weighted by molar-refractivity contribution is 9.12. The minimum absolute atomic E-state index is 0.388. The summed E-state index contributed by atoms with van der Waals surface area (Å²) in [4.78, 5) is 0.998. The van der Waals surface area contributed by atoms with E-state index in [0.717, 1.165) is 25.2 Å². The van der Waals surface area contributed by atoms with Crippen LogP contribution in [-0.4, -0.2) is 21.9 Å². The molecule has 0 spiro atoms.